The molecule has 0 aromatic carbocycles. The lowest BCUT2D eigenvalue weighted by atomic mass is 10.1. The average Bonchev–Trinajstić information content (AvgIpc) is 2.34. The minimum atomic E-state index is -0.0324. The molecule has 0 aliphatic rings. The van der Waals surface area contributed by atoms with E-state index in [0.717, 1.165) is 5.69 Å². The molecule has 0 aliphatic carbocycles. The maximum Gasteiger partial charge on any atom is 0.151 e. The molecule has 0 amide bonds. The highest BCUT2D eigenvalue weighted by Crippen LogP contribution is 2.27. The fourth-order valence-corrected chi connectivity index (χ4v) is 1.08. The Labute approximate surface area is 75.9 Å². The number of halogens is 2. The van der Waals surface area contributed by atoms with Crippen LogP contribution in [0.15, 0.2) is 6.07 Å². The lowest BCUT2D eigenvalue weighted by Gasteiger charge is -2.09. The van der Waals surface area contributed by atoms with Crippen molar-refractivity contribution in [1.82, 2.24) is 10.2 Å². The van der Waals surface area contributed by atoms with Gasteiger partial charge < -0.3 is 0 Å². The van der Waals surface area contributed by atoms with Crippen LogP contribution in [-0.2, 0) is 0 Å². The predicted molar refractivity (Wildman–Crippen MR) is 47.0 cm³/mol. The smallest absolute Gasteiger partial charge is 0.151 e. The third-order valence-electron chi connectivity index (χ3n) is 1.45. The third kappa shape index (κ3) is 2.11. The molecule has 0 saturated carbocycles. The summed E-state index contributed by atoms with van der Waals surface area (Å²) in [5, 5.41) is 6.98. The van der Waals surface area contributed by atoms with Crippen molar-refractivity contribution < 1.29 is 0 Å². The summed E-state index contributed by atoms with van der Waals surface area (Å²) in [6, 6.07) is 1.75. The van der Waals surface area contributed by atoms with E-state index in [1.165, 1.54) is 0 Å². The van der Waals surface area contributed by atoms with Crippen molar-refractivity contribution in [1.29, 1.82) is 0 Å². The van der Waals surface area contributed by atoms with Gasteiger partial charge in [0.15, 0.2) is 5.15 Å². The Morgan fingerprint density at radius 3 is 2.55 bits per heavy atom. The zero-order valence-electron chi connectivity index (χ0n) is 6.44. The Hall–Kier alpha value is -0.210. The summed E-state index contributed by atoms with van der Waals surface area (Å²) in [6.07, 6.45) is 0. The summed E-state index contributed by atoms with van der Waals surface area (Å²) in [5.74, 6) is 0.383. The van der Waals surface area contributed by atoms with E-state index in [2.05, 4.69) is 10.2 Å². The second kappa shape index (κ2) is 3.46. The molecule has 2 nitrogen and oxygen atoms in total. The Morgan fingerprint density at radius 1 is 1.55 bits per heavy atom. The Balaban J connectivity index is 2.76. The van der Waals surface area contributed by atoms with E-state index in [9.17, 15) is 0 Å². The molecule has 0 aliphatic heterocycles. The van der Waals surface area contributed by atoms with Gasteiger partial charge in [0.25, 0.3) is 0 Å². The molecule has 1 heterocycles. The van der Waals surface area contributed by atoms with E-state index >= 15 is 0 Å². The highest BCUT2D eigenvalue weighted by atomic mass is 35.5. The van der Waals surface area contributed by atoms with Gasteiger partial charge in [-0.25, -0.2) is 0 Å². The van der Waals surface area contributed by atoms with Gasteiger partial charge in [-0.2, -0.15) is 5.10 Å². The standard InChI is InChI=1S/C7H10Cl2N2/c1-4(2)7(9)5-3-6(8)11-10-5/h3-4,7H,1-2H3,(H,10,11). The quantitative estimate of drug-likeness (QED) is 0.718. The average molecular weight is 193 g/mol. The van der Waals surface area contributed by atoms with E-state index in [-0.39, 0.29) is 5.38 Å². The summed E-state index contributed by atoms with van der Waals surface area (Å²) in [6.45, 7) is 4.10. The molecule has 0 spiro atoms. The monoisotopic (exact) mass is 192 g/mol. The fraction of sp³-hybridized carbons (Fsp3) is 0.571. The second-order valence-corrected chi connectivity index (χ2v) is 3.65. The van der Waals surface area contributed by atoms with Gasteiger partial charge in [0.05, 0.1) is 11.1 Å². The number of nitrogens with zero attached hydrogens (tertiary/aromatic N) is 1. The van der Waals surface area contributed by atoms with Gasteiger partial charge in [-0.3, -0.25) is 5.10 Å². The van der Waals surface area contributed by atoms with Crippen LogP contribution in [0.1, 0.15) is 24.9 Å². The van der Waals surface area contributed by atoms with Gasteiger partial charge in [-0.1, -0.05) is 25.4 Å². The lowest BCUT2D eigenvalue weighted by Crippen LogP contribution is -1.99. The minimum Gasteiger partial charge on any atom is -0.280 e. The number of rotatable bonds is 2. The van der Waals surface area contributed by atoms with Crippen molar-refractivity contribution in [3.8, 4) is 0 Å². The largest absolute Gasteiger partial charge is 0.280 e. The highest BCUT2D eigenvalue weighted by molar-refractivity contribution is 6.29. The summed E-state index contributed by atoms with van der Waals surface area (Å²) >= 11 is 11.6. The van der Waals surface area contributed by atoms with E-state index in [1.807, 2.05) is 13.8 Å². The predicted octanol–water partition coefficient (Wildman–Crippen LogP) is 3.00. The first kappa shape index (κ1) is 8.88. The van der Waals surface area contributed by atoms with Crippen molar-refractivity contribution in [2.45, 2.75) is 19.2 Å². The van der Waals surface area contributed by atoms with Crippen molar-refractivity contribution in [2.75, 3.05) is 0 Å². The normalized spacial score (nSPS) is 13.9. The number of hydrogen-bond donors (Lipinski definition) is 1. The zero-order chi connectivity index (χ0) is 8.43. The lowest BCUT2D eigenvalue weighted by molar-refractivity contribution is 0.610. The van der Waals surface area contributed by atoms with Gasteiger partial charge in [0.2, 0.25) is 0 Å². The number of nitrogens with one attached hydrogen (secondary N) is 1. The van der Waals surface area contributed by atoms with Crippen molar-refractivity contribution >= 4 is 23.2 Å². The first-order chi connectivity index (χ1) is 5.11. The molecule has 1 aromatic rings. The number of aromatic nitrogens is 2. The molecule has 62 valence electrons. The van der Waals surface area contributed by atoms with Crippen molar-refractivity contribution in [3.63, 3.8) is 0 Å². The first-order valence-corrected chi connectivity index (χ1v) is 4.27. The zero-order valence-corrected chi connectivity index (χ0v) is 7.95. The Morgan fingerprint density at radius 2 is 2.18 bits per heavy atom. The first-order valence-electron chi connectivity index (χ1n) is 3.46. The topological polar surface area (TPSA) is 28.7 Å². The van der Waals surface area contributed by atoms with E-state index in [4.69, 9.17) is 23.2 Å². The molecular formula is C7H10Cl2N2. The molecule has 1 rings (SSSR count). The minimum absolute atomic E-state index is 0.0324. The van der Waals surface area contributed by atoms with Crippen LogP contribution in [0.5, 0.6) is 0 Å². The van der Waals surface area contributed by atoms with Crippen LogP contribution in [-0.4, -0.2) is 10.2 Å². The molecule has 1 unspecified atom stereocenters. The molecule has 4 heteroatoms. The maximum atomic E-state index is 6.02. The Kier molecular flexibility index (Phi) is 2.79. The highest BCUT2D eigenvalue weighted by Gasteiger charge is 2.14. The van der Waals surface area contributed by atoms with Gasteiger partial charge in [-0.15, -0.1) is 11.6 Å². The molecule has 1 N–H and O–H groups in total. The summed E-state index contributed by atoms with van der Waals surface area (Å²) in [7, 11) is 0. The molecule has 0 radical (unpaired) electrons. The van der Waals surface area contributed by atoms with Crippen LogP contribution >= 0.6 is 23.2 Å². The van der Waals surface area contributed by atoms with Crippen LogP contribution in [0.25, 0.3) is 0 Å². The van der Waals surface area contributed by atoms with Gasteiger partial charge >= 0.3 is 0 Å². The van der Waals surface area contributed by atoms with Crippen LogP contribution in [0.4, 0.5) is 0 Å². The van der Waals surface area contributed by atoms with E-state index in [0.29, 0.717) is 11.1 Å². The number of aromatic amines is 1. The molecule has 0 bridgehead atoms. The molecule has 0 fully saturated rings. The van der Waals surface area contributed by atoms with E-state index in [1.54, 1.807) is 6.07 Å². The van der Waals surface area contributed by atoms with Gasteiger partial charge in [0, 0.05) is 0 Å². The molecule has 0 saturated heterocycles. The molecule has 1 aromatic heterocycles. The Bertz CT molecular complexity index is 232. The van der Waals surface area contributed by atoms with Crippen molar-refractivity contribution in [3.05, 3.63) is 16.9 Å². The van der Waals surface area contributed by atoms with Gasteiger partial charge in [0.1, 0.15) is 0 Å². The number of alkyl halides is 1. The molecule has 11 heavy (non-hydrogen) atoms. The maximum absolute atomic E-state index is 6.02. The van der Waals surface area contributed by atoms with Gasteiger partial charge in [-0.05, 0) is 12.0 Å². The second-order valence-electron chi connectivity index (χ2n) is 2.79. The van der Waals surface area contributed by atoms with E-state index < -0.39 is 0 Å². The van der Waals surface area contributed by atoms with Crippen LogP contribution < -0.4 is 0 Å². The summed E-state index contributed by atoms with van der Waals surface area (Å²) in [5.41, 5.74) is 0.881. The fourth-order valence-electron chi connectivity index (χ4n) is 0.811. The summed E-state index contributed by atoms with van der Waals surface area (Å²) in [4.78, 5) is 0. The summed E-state index contributed by atoms with van der Waals surface area (Å²) < 4.78 is 0. The van der Waals surface area contributed by atoms with Crippen LogP contribution in [0.2, 0.25) is 5.15 Å². The SMILES string of the molecule is CC(C)C(Cl)c1cc(Cl)n[nH]1. The van der Waals surface area contributed by atoms with Crippen LogP contribution in [0.3, 0.4) is 0 Å². The molecular weight excluding hydrogens is 183 g/mol. The third-order valence-corrected chi connectivity index (χ3v) is 2.38. The molecule has 1 atom stereocenters. The van der Waals surface area contributed by atoms with Crippen LogP contribution in [0, 0.1) is 5.92 Å². The number of H-pyrrole nitrogens is 1. The number of hydrogen-bond acceptors (Lipinski definition) is 1. The van der Waals surface area contributed by atoms with Crippen molar-refractivity contribution in [2.24, 2.45) is 5.92 Å².